The van der Waals surface area contributed by atoms with Crippen LogP contribution in [-0.2, 0) is 41.6 Å². The van der Waals surface area contributed by atoms with Crippen molar-refractivity contribution in [2.24, 2.45) is 0 Å². The first-order chi connectivity index (χ1) is 19.0. The van der Waals surface area contributed by atoms with Crippen molar-refractivity contribution in [1.82, 2.24) is 19.9 Å². The van der Waals surface area contributed by atoms with Gasteiger partial charge in [0.25, 0.3) is 0 Å². The zero-order valence-electron chi connectivity index (χ0n) is 23.9. The molecule has 0 aliphatic rings. The van der Waals surface area contributed by atoms with Gasteiger partial charge in [-0.15, -0.1) is 0 Å². The summed E-state index contributed by atoms with van der Waals surface area (Å²) in [6, 6.07) is 8.02. The molecular weight excluding hydrogens is 502 g/mol. The van der Waals surface area contributed by atoms with Gasteiger partial charge in [-0.2, -0.15) is 0 Å². The van der Waals surface area contributed by atoms with Crippen LogP contribution in [-0.4, -0.2) is 99.8 Å². The Hall–Kier alpha value is -2.38. The molecule has 0 bridgehead atoms. The van der Waals surface area contributed by atoms with E-state index < -0.39 is 0 Å². The Kier molecular flexibility index (Phi) is 13.3. The third-order valence-corrected chi connectivity index (χ3v) is 6.08. The molecule has 1 aromatic carbocycles. The maximum atomic E-state index is 6.31. The Bertz CT molecular complexity index is 1120. The number of hydrogen-bond acceptors (Lipinski definition) is 10. The van der Waals surface area contributed by atoms with Gasteiger partial charge in [0.1, 0.15) is 17.9 Å². The van der Waals surface area contributed by atoms with Gasteiger partial charge in [0.05, 0.1) is 70.5 Å². The largest absolute Gasteiger partial charge is 0.382 e. The highest BCUT2D eigenvalue weighted by atomic mass is 16.6. The highest BCUT2D eigenvalue weighted by Crippen LogP contribution is 2.30. The van der Waals surface area contributed by atoms with E-state index in [1.807, 2.05) is 25.1 Å². The number of rotatable bonds is 21. The Labute approximate surface area is 231 Å². The first-order valence-electron chi connectivity index (χ1n) is 13.6. The molecule has 11 nitrogen and oxygen atoms in total. The first-order valence-corrected chi connectivity index (χ1v) is 13.6. The first kappa shape index (κ1) is 31.2. The van der Waals surface area contributed by atoms with Crippen molar-refractivity contribution in [1.29, 1.82) is 0 Å². The SMILES string of the molecule is CCOCc1nc2c(N)nc3ccccc3c2n1CC(C)(C)NCCOCCOCCOCCOCCOC. The van der Waals surface area contributed by atoms with E-state index >= 15 is 0 Å². The van der Waals surface area contributed by atoms with Crippen LogP contribution in [0.25, 0.3) is 21.9 Å². The monoisotopic (exact) mass is 547 g/mol. The molecule has 3 rings (SSSR count). The number of fused-ring (bicyclic) bond motifs is 3. The van der Waals surface area contributed by atoms with Crippen molar-refractivity contribution in [3.63, 3.8) is 0 Å². The maximum absolute atomic E-state index is 6.31. The van der Waals surface area contributed by atoms with E-state index in [2.05, 4.69) is 34.8 Å². The maximum Gasteiger partial charge on any atom is 0.152 e. The molecule has 0 saturated carbocycles. The molecule has 0 unspecified atom stereocenters. The van der Waals surface area contributed by atoms with Crippen LogP contribution in [0.4, 0.5) is 5.82 Å². The van der Waals surface area contributed by atoms with E-state index in [4.69, 9.17) is 39.1 Å². The number of nitrogen functional groups attached to an aromatic ring is 1. The molecule has 218 valence electrons. The summed E-state index contributed by atoms with van der Waals surface area (Å²) in [6.45, 7) is 13.7. The summed E-state index contributed by atoms with van der Waals surface area (Å²) in [5.41, 5.74) is 8.62. The van der Waals surface area contributed by atoms with Gasteiger partial charge in [0.2, 0.25) is 0 Å². The number of anilines is 1. The van der Waals surface area contributed by atoms with Crippen LogP contribution >= 0.6 is 0 Å². The number of nitrogens with two attached hydrogens (primary N) is 1. The molecule has 0 saturated heterocycles. The fourth-order valence-electron chi connectivity index (χ4n) is 4.20. The Morgan fingerprint density at radius 1 is 0.846 bits per heavy atom. The van der Waals surface area contributed by atoms with E-state index in [0.717, 1.165) is 22.2 Å². The lowest BCUT2D eigenvalue weighted by Gasteiger charge is -2.28. The van der Waals surface area contributed by atoms with Crippen LogP contribution < -0.4 is 11.1 Å². The van der Waals surface area contributed by atoms with Crippen LogP contribution in [0, 0.1) is 0 Å². The second-order valence-corrected chi connectivity index (χ2v) is 9.72. The molecule has 2 aromatic heterocycles. The number of hydrogen-bond donors (Lipinski definition) is 2. The van der Waals surface area contributed by atoms with Gasteiger partial charge >= 0.3 is 0 Å². The molecule has 0 fully saturated rings. The lowest BCUT2D eigenvalue weighted by atomic mass is 10.1. The van der Waals surface area contributed by atoms with Gasteiger partial charge in [-0.1, -0.05) is 18.2 Å². The minimum atomic E-state index is -0.238. The lowest BCUT2D eigenvalue weighted by molar-refractivity contribution is -0.00777. The van der Waals surface area contributed by atoms with Crippen LogP contribution in [0.3, 0.4) is 0 Å². The number of imidazole rings is 1. The fourth-order valence-corrected chi connectivity index (χ4v) is 4.20. The Morgan fingerprint density at radius 3 is 2.10 bits per heavy atom. The van der Waals surface area contributed by atoms with Crippen molar-refractivity contribution in [3.8, 4) is 0 Å². The second-order valence-electron chi connectivity index (χ2n) is 9.72. The van der Waals surface area contributed by atoms with Crippen molar-refractivity contribution in [2.45, 2.75) is 39.5 Å². The smallest absolute Gasteiger partial charge is 0.152 e. The minimum absolute atomic E-state index is 0.238. The summed E-state index contributed by atoms with van der Waals surface area (Å²) < 4.78 is 35.0. The van der Waals surface area contributed by atoms with Gasteiger partial charge in [-0.3, -0.25) is 0 Å². The molecule has 0 aliphatic heterocycles. The quantitative estimate of drug-likeness (QED) is 0.192. The molecule has 2 heterocycles. The molecule has 0 atom stereocenters. The van der Waals surface area contributed by atoms with Gasteiger partial charge in [0, 0.05) is 37.7 Å². The number of nitrogens with zero attached hydrogens (tertiary/aromatic N) is 3. The fraction of sp³-hybridized carbons (Fsp3) is 0.643. The number of para-hydroxylation sites is 1. The second kappa shape index (κ2) is 16.7. The summed E-state index contributed by atoms with van der Waals surface area (Å²) in [7, 11) is 1.65. The van der Waals surface area contributed by atoms with Gasteiger partial charge in [0.15, 0.2) is 5.82 Å². The van der Waals surface area contributed by atoms with E-state index in [-0.39, 0.29) is 5.54 Å². The Balaban J connectivity index is 1.43. The predicted octanol–water partition coefficient (Wildman–Crippen LogP) is 2.78. The number of benzene rings is 1. The van der Waals surface area contributed by atoms with Crippen LogP contribution in [0.2, 0.25) is 0 Å². The lowest BCUT2D eigenvalue weighted by Crippen LogP contribution is -2.45. The topological polar surface area (TPSA) is 124 Å². The molecule has 39 heavy (non-hydrogen) atoms. The van der Waals surface area contributed by atoms with E-state index in [1.165, 1.54) is 0 Å². The van der Waals surface area contributed by atoms with Crippen molar-refractivity contribution in [3.05, 3.63) is 30.1 Å². The number of methoxy groups -OCH3 is 1. The summed E-state index contributed by atoms with van der Waals surface area (Å²) in [6.07, 6.45) is 0. The molecule has 0 spiro atoms. The molecule has 0 amide bonds. The van der Waals surface area contributed by atoms with Gasteiger partial charge in [-0.25, -0.2) is 9.97 Å². The summed E-state index contributed by atoms with van der Waals surface area (Å²) >= 11 is 0. The number of ether oxygens (including phenoxy) is 6. The van der Waals surface area contributed by atoms with E-state index in [9.17, 15) is 0 Å². The van der Waals surface area contributed by atoms with Crippen molar-refractivity contribution < 1.29 is 28.4 Å². The standard InChI is InChI=1S/C28H45N5O6/c1-5-35-20-24-32-25-26(22-8-6-7-9-23(22)31-27(25)29)33(24)21-28(2,3)30-10-11-36-14-15-38-18-19-39-17-16-37-13-12-34-4/h6-9,30H,5,10-21H2,1-4H3,(H2,29,31). The predicted molar refractivity (Wildman–Crippen MR) is 152 cm³/mol. The third kappa shape index (κ3) is 9.95. The van der Waals surface area contributed by atoms with E-state index in [1.54, 1.807) is 7.11 Å². The number of pyridine rings is 1. The van der Waals surface area contributed by atoms with Crippen LogP contribution in [0.1, 0.15) is 26.6 Å². The minimum Gasteiger partial charge on any atom is -0.382 e. The van der Waals surface area contributed by atoms with Crippen LogP contribution in [0.5, 0.6) is 0 Å². The summed E-state index contributed by atoms with van der Waals surface area (Å²) in [4.78, 5) is 9.39. The van der Waals surface area contributed by atoms with Crippen molar-refractivity contribution in [2.75, 3.05) is 85.5 Å². The number of nitrogens with one attached hydrogen (secondary N) is 1. The van der Waals surface area contributed by atoms with Crippen LogP contribution in [0.15, 0.2) is 24.3 Å². The highest BCUT2D eigenvalue weighted by molar-refractivity contribution is 6.06. The molecule has 3 aromatic rings. The van der Waals surface area contributed by atoms with Gasteiger partial charge < -0.3 is 44.0 Å². The normalized spacial score (nSPS) is 12.2. The average Bonchev–Trinajstić information content (AvgIpc) is 3.28. The number of aromatic nitrogens is 3. The van der Waals surface area contributed by atoms with Gasteiger partial charge in [-0.05, 0) is 26.8 Å². The molecular formula is C28H45N5O6. The summed E-state index contributed by atoms with van der Waals surface area (Å²) in [5, 5.41) is 4.63. The molecule has 0 radical (unpaired) electrons. The molecule has 11 heteroatoms. The zero-order valence-corrected chi connectivity index (χ0v) is 23.9. The van der Waals surface area contributed by atoms with Crippen molar-refractivity contribution >= 4 is 27.8 Å². The molecule has 0 aliphatic carbocycles. The zero-order chi connectivity index (χ0) is 27.9. The highest BCUT2D eigenvalue weighted by Gasteiger charge is 2.24. The Morgan fingerprint density at radius 2 is 1.46 bits per heavy atom. The third-order valence-electron chi connectivity index (χ3n) is 6.08. The summed E-state index contributed by atoms with van der Waals surface area (Å²) in [5.74, 6) is 1.27. The van der Waals surface area contributed by atoms with E-state index in [0.29, 0.717) is 97.1 Å². The molecule has 3 N–H and O–H groups in total. The average molecular weight is 548 g/mol.